The summed E-state index contributed by atoms with van der Waals surface area (Å²) < 4.78 is 37.2. The molecule has 2 aliphatic rings. The van der Waals surface area contributed by atoms with Gasteiger partial charge in [-0.25, -0.2) is 4.98 Å². The maximum atomic E-state index is 12.4. The zero-order valence-corrected chi connectivity index (χ0v) is 10.7. The molecule has 20 heavy (non-hydrogen) atoms. The molecule has 4 nitrogen and oxygen atoms in total. The Labute approximate surface area is 114 Å². The van der Waals surface area contributed by atoms with Crippen LogP contribution in [-0.4, -0.2) is 48.6 Å². The molecule has 3 heterocycles. The molecule has 0 unspecified atom stereocenters. The zero-order valence-electron chi connectivity index (χ0n) is 10.7. The highest BCUT2D eigenvalue weighted by Gasteiger charge is 2.47. The van der Waals surface area contributed by atoms with E-state index in [-0.39, 0.29) is 13.1 Å². The van der Waals surface area contributed by atoms with Gasteiger partial charge in [0.1, 0.15) is 5.82 Å². The molecule has 0 aliphatic carbocycles. The minimum Gasteiger partial charge on any atom is -0.355 e. The normalized spacial score (nSPS) is 20.6. The first-order valence-corrected chi connectivity index (χ1v) is 6.44. The van der Waals surface area contributed by atoms with Gasteiger partial charge < -0.3 is 9.80 Å². The van der Waals surface area contributed by atoms with Gasteiger partial charge in [0.15, 0.2) is 0 Å². The van der Waals surface area contributed by atoms with Crippen molar-refractivity contribution in [2.45, 2.75) is 12.1 Å². The van der Waals surface area contributed by atoms with Gasteiger partial charge in [-0.05, 0) is 11.6 Å². The maximum Gasteiger partial charge on any atom is 0.395 e. The number of halogens is 3. The number of alkyl halides is 3. The monoisotopic (exact) mass is 285 g/mol. The molecule has 0 radical (unpaired) electrons. The lowest BCUT2D eigenvalue weighted by Crippen LogP contribution is -2.53. The third-order valence-corrected chi connectivity index (χ3v) is 3.97. The lowest BCUT2D eigenvalue weighted by atomic mass is 9.93. The predicted octanol–water partition coefficient (Wildman–Crippen LogP) is 1.64. The van der Waals surface area contributed by atoms with E-state index >= 15 is 0 Å². The number of aromatic nitrogens is 1. The first kappa shape index (κ1) is 13.2. The van der Waals surface area contributed by atoms with Crippen LogP contribution in [0.15, 0.2) is 18.3 Å². The molecule has 0 bridgehead atoms. The lowest BCUT2D eigenvalue weighted by Gasteiger charge is -2.41. The van der Waals surface area contributed by atoms with Crippen LogP contribution in [-0.2, 0) is 4.79 Å². The van der Waals surface area contributed by atoms with Gasteiger partial charge in [-0.1, -0.05) is 6.07 Å². The molecule has 2 aliphatic heterocycles. The minimum atomic E-state index is -4.11. The Kier molecular flexibility index (Phi) is 3.07. The summed E-state index contributed by atoms with van der Waals surface area (Å²) in [6.45, 7) is 1.34. The molecule has 1 amide bonds. The summed E-state index contributed by atoms with van der Waals surface area (Å²) in [6, 6.07) is 3.64. The lowest BCUT2D eigenvalue weighted by molar-refractivity contribution is -0.180. The number of hydrogen-bond donors (Lipinski definition) is 0. The van der Waals surface area contributed by atoms with Crippen molar-refractivity contribution in [2.24, 2.45) is 5.92 Å². The SMILES string of the molecule is O=CN1CC(c2ccc(N3CC(C(F)(F)F)C3)nc2)C1. The van der Waals surface area contributed by atoms with Crippen LogP contribution in [0, 0.1) is 5.92 Å². The topological polar surface area (TPSA) is 36.4 Å². The standard InChI is InChI=1S/C13H14F3N3O/c14-13(15,16)11-6-19(7-11)12-2-1-9(3-17-12)10-4-18(5-10)8-20/h1-3,8,10-11H,4-7H2. The highest BCUT2D eigenvalue weighted by molar-refractivity contribution is 5.50. The Morgan fingerprint density at radius 1 is 1.20 bits per heavy atom. The highest BCUT2D eigenvalue weighted by Crippen LogP contribution is 2.35. The third-order valence-electron chi connectivity index (χ3n) is 3.97. The number of pyridine rings is 1. The third kappa shape index (κ3) is 2.32. The number of nitrogens with zero attached hydrogens (tertiary/aromatic N) is 3. The average molecular weight is 285 g/mol. The highest BCUT2D eigenvalue weighted by atomic mass is 19.4. The second-order valence-electron chi connectivity index (χ2n) is 5.35. The summed E-state index contributed by atoms with van der Waals surface area (Å²) in [5.41, 5.74) is 1.03. The second-order valence-corrected chi connectivity index (χ2v) is 5.35. The Morgan fingerprint density at radius 2 is 1.90 bits per heavy atom. The summed E-state index contributed by atoms with van der Waals surface area (Å²) >= 11 is 0. The first-order valence-electron chi connectivity index (χ1n) is 6.44. The van der Waals surface area contributed by atoms with Crippen LogP contribution in [0.2, 0.25) is 0 Å². The summed E-state index contributed by atoms with van der Waals surface area (Å²) in [6.07, 6.45) is -1.60. The Hall–Kier alpha value is -1.79. The van der Waals surface area contributed by atoms with Crippen LogP contribution in [0.25, 0.3) is 0 Å². The van der Waals surface area contributed by atoms with Crippen molar-refractivity contribution in [3.63, 3.8) is 0 Å². The second kappa shape index (κ2) is 4.64. The van der Waals surface area contributed by atoms with E-state index in [1.165, 1.54) is 0 Å². The van der Waals surface area contributed by atoms with Gasteiger partial charge in [0.25, 0.3) is 0 Å². The van der Waals surface area contributed by atoms with Crippen molar-refractivity contribution in [1.82, 2.24) is 9.88 Å². The van der Waals surface area contributed by atoms with E-state index in [2.05, 4.69) is 4.98 Å². The fourth-order valence-electron chi connectivity index (χ4n) is 2.51. The molecule has 0 N–H and O–H groups in total. The van der Waals surface area contributed by atoms with Crippen LogP contribution in [0.5, 0.6) is 0 Å². The fraction of sp³-hybridized carbons (Fsp3) is 0.538. The van der Waals surface area contributed by atoms with E-state index in [9.17, 15) is 18.0 Å². The maximum absolute atomic E-state index is 12.4. The molecule has 0 aromatic carbocycles. The molecule has 2 saturated heterocycles. The van der Waals surface area contributed by atoms with E-state index in [0.29, 0.717) is 24.8 Å². The van der Waals surface area contributed by atoms with Crippen molar-refractivity contribution in [3.05, 3.63) is 23.9 Å². The number of carbonyl (C=O) groups is 1. The van der Waals surface area contributed by atoms with Gasteiger partial charge in [0, 0.05) is 38.3 Å². The minimum absolute atomic E-state index is 0.0157. The quantitative estimate of drug-likeness (QED) is 0.792. The average Bonchev–Trinajstić information content (AvgIpc) is 2.26. The summed E-state index contributed by atoms with van der Waals surface area (Å²) in [5.74, 6) is -0.362. The van der Waals surface area contributed by atoms with E-state index in [1.807, 2.05) is 6.07 Å². The number of likely N-dealkylation sites (tertiary alicyclic amines) is 1. The number of hydrogen-bond acceptors (Lipinski definition) is 3. The van der Waals surface area contributed by atoms with Crippen LogP contribution in [0.4, 0.5) is 19.0 Å². The number of rotatable bonds is 3. The number of amides is 1. The molecule has 108 valence electrons. The molecule has 1 aromatic heterocycles. The largest absolute Gasteiger partial charge is 0.395 e. The fourth-order valence-corrected chi connectivity index (χ4v) is 2.51. The molecule has 0 spiro atoms. The molecule has 2 fully saturated rings. The Morgan fingerprint density at radius 3 is 2.40 bits per heavy atom. The van der Waals surface area contributed by atoms with Crippen LogP contribution >= 0.6 is 0 Å². The molecule has 0 atom stereocenters. The van der Waals surface area contributed by atoms with Gasteiger partial charge in [-0.15, -0.1) is 0 Å². The van der Waals surface area contributed by atoms with Crippen molar-refractivity contribution in [1.29, 1.82) is 0 Å². The van der Waals surface area contributed by atoms with Gasteiger partial charge in [0.2, 0.25) is 6.41 Å². The summed E-state index contributed by atoms with van der Waals surface area (Å²) in [5, 5.41) is 0. The molecule has 0 saturated carbocycles. The van der Waals surface area contributed by atoms with E-state index in [1.54, 1.807) is 22.1 Å². The summed E-state index contributed by atoms with van der Waals surface area (Å²) in [4.78, 5) is 18.0. The smallest absolute Gasteiger partial charge is 0.355 e. The van der Waals surface area contributed by atoms with Crippen molar-refractivity contribution >= 4 is 12.2 Å². The molecule has 1 aromatic rings. The molecule has 7 heteroatoms. The summed E-state index contributed by atoms with van der Waals surface area (Å²) in [7, 11) is 0. The molecular weight excluding hydrogens is 271 g/mol. The Balaban J connectivity index is 1.57. The zero-order chi connectivity index (χ0) is 14.3. The molecular formula is C13H14F3N3O. The van der Waals surface area contributed by atoms with Gasteiger partial charge in [0.05, 0.1) is 5.92 Å². The first-order chi connectivity index (χ1) is 9.47. The number of carbonyl (C=O) groups excluding carboxylic acids is 1. The van der Waals surface area contributed by atoms with E-state index < -0.39 is 12.1 Å². The van der Waals surface area contributed by atoms with Crippen molar-refractivity contribution in [2.75, 3.05) is 31.1 Å². The van der Waals surface area contributed by atoms with Crippen LogP contribution in [0.3, 0.4) is 0 Å². The molecule has 3 rings (SSSR count). The number of anilines is 1. The van der Waals surface area contributed by atoms with Crippen LogP contribution in [0.1, 0.15) is 11.5 Å². The van der Waals surface area contributed by atoms with E-state index in [4.69, 9.17) is 0 Å². The van der Waals surface area contributed by atoms with E-state index in [0.717, 1.165) is 12.0 Å². The van der Waals surface area contributed by atoms with Gasteiger partial charge >= 0.3 is 6.18 Å². The Bertz CT molecular complexity index is 491. The predicted molar refractivity (Wildman–Crippen MR) is 66.4 cm³/mol. The van der Waals surface area contributed by atoms with Gasteiger partial charge in [-0.2, -0.15) is 13.2 Å². The van der Waals surface area contributed by atoms with Crippen LogP contribution < -0.4 is 4.90 Å². The van der Waals surface area contributed by atoms with Crippen molar-refractivity contribution in [3.8, 4) is 0 Å². The van der Waals surface area contributed by atoms with Crippen molar-refractivity contribution < 1.29 is 18.0 Å². The van der Waals surface area contributed by atoms with Gasteiger partial charge in [-0.3, -0.25) is 4.79 Å².